The second-order valence-corrected chi connectivity index (χ2v) is 6.35. The van der Waals surface area contributed by atoms with Gasteiger partial charge >= 0.3 is 0 Å². The van der Waals surface area contributed by atoms with Crippen molar-refractivity contribution in [2.45, 2.75) is 0 Å². The van der Waals surface area contributed by atoms with Crippen molar-refractivity contribution in [1.29, 1.82) is 0 Å². The van der Waals surface area contributed by atoms with Gasteiger partial charge < -0.3 is 10.2 Å². The highest BCUT2D eigenvalue weighted by molar-refractivity contribution is 5.81. The number of anilines is 1. The van der Waals surface area contributed by atoms with E-state index in [9.17, 15) is 9.18 Å². The summed E-state index contributed by atoms with van der Waals surface area (Å²) in [4.78, 5) is 16.5. The van der Waals surface area contributed by atoms with Crippen LogP contribution in [-0.2, 0) is 4.79 Å². The Hall–Kier alpha value is -2.66. The van der Waals surface area contributed by atoms with Crippen molar-refractivity contribution in [1.82, 2.24) is 9.80 Å². The van der Waals surface area contributed by atoms with Crippen molar-refractivity contribution in [2.24, 2.45) is 0 Å². The van der Waals surface area contributed by atoms with E-state index in [-0.39, 0.29) is 18.3 Å². The van der Waals surface area contributed by atoms with Crippen LogP contribution in [-0.4, -0.2) is 55.0 Å². The smallest absolute Gasteiger partial charge is 0.241 e. The van der Waals surface area contributed by atoms with Gasteiger partial charge in [-0.1, -0.05) is 42.5 Å². The van der Waals surface area contributed by atoms with Gasteiger partial charge in [-0.25, -0.2) is 4.39 Å². The molecule has 4 nitrogen and oxygen atoms in total. The van der Waals surface area contributed by atoms with Crippen molar-refractivity contribution in [2.75, 3.05) is 44.6 Å². The average molecular weight is 353 g/mol. The molecule has 2 aromatic rings. The van der Waals surface area contributed by atoms with Crippen LogP contribution in [0.15, 0.2) is 60.7 Å². The van der Waals surface area contributed by atoms with Crippen molar-refractivity contribution in [3.05, 3.63) is 72.1 Å². The highest BCUT2D eigenvalue weighted by Gasteiger charge is 2.19. The van der Waals surface area contributed by atoms with Crippen LogP contribution < -0.4 is 5.32 Å². The third-order valence-electron chi connectivity index (χ3n) is 4.49. The Morgan fingerprint density at radius 2 is 1.69 bits per heavy atom. The number of carbonyl (C=O) groups excluding carboxylic acids is 1. The van der Waals surface area contributed by atoms with E-state index < -0.39 is 0 Å². The Kier molecular flexibility index (Phi) is 6.39. The Morgan fingerprint density at radius 3 is 2.38 bits per heavy atom. The predicted molar refractivity (Wildman–Crippen MR) is 103 cm³/mol. The zero-order valence-electron chi connectivity index (χ0n) is 14.8. The van der Waals surface area contributed by atoms with E-state index in [0.29, 0.717) is 0 Å². The number of piperazine rings is 1. The molecule has 3 rings (SSSR count). The summed E-state index contributed by atoms with van der Waals surface area (Å²) in [5.41, 5.74) is 1.96. The Balaban J connectivity index is 1.38. The van der Waals surface area contributed by atoms with Crippen molar-refractivity contribution >= 4 is 17.7 Å². The molecule has 0 spiro atoms. The lowest BCUT2D eigenvalue weighted by molar-refractivity contribution is -0.130. The van der Waals surface area contributed by atoms with Gasteiger partial charge in [0, 0.05) is 38.4 Å². The van der Waals surface area contributed by atoms with E-state index in [1.54, 1.807) is 12.1 Å². The van der Waals surface area contributed by atoms with Crippen LogP contribution >= 0.6 is 0 Å². The highest BCUT2D eigenvalue weighted by Crippen LogP contribution is 2.09. The molecule has 0 atom stereocenters. The second kappa shape index (κ2) is 9.15. The molecule has 1 heterocycles. The molecule has 2 aromatic carbocycles. The van der Waals surface area contributed by atoms with Crippen LogP contribution in [0.3, 0.4) is 0 Å². The molecular weight excluding hydrogens is 329 g/mol. The van der Waals surface area contributed by atoms with Crippen LogP contribution in [0.2, 0.25) is 0 Å². The summed E-state index contributed by atoms with van der Waals surface area (Å²) in [6, 6.07) is 16.3. The van der Waals surface area contributed by atoms with E-state index in [1.165, 1.54) is 17.7 Å². The van der Waals surface area contributed by atoms with Gasteiger partial charge in [0.15, 0.2) is 0 Å². The van der Waals surface area contributed by atoms with Gasteiger partial charge in [0.25, 0.3) is 0 Å². The minimum absolute atomic E-state index is 0.0776. The molecule has 0 saturated carbocycles. The number of amides is 1. The van der Waals surface area contributed by atoms with Gasteiger partial charge in [-0.2, -0.15) is 0 Å². The number of rotatable bonds is 6. The van der Waals surface area contributed by atoms with E-state index in [4.69, 9.17) is 0 Å². The molecule has 0 radical (unpaired) electrons. The van der Waals surface area contributed by atoms with Crippen LogP contribution in [0, 0.1) is 5.82 Å². The first-order valence-electron chi connectivity index (χ1n) is 8.92. The van der Waals surface area contributed by atoms with Crippen LogP contribution in [0.4, 0.5) is 10.1 Å². The standard InChI is InChI=1S/C21H24FN3O/c22-19-8-10-20(11-9-19)23-17-21(26)25-15-13-24(14-16-25)12-4-7-18-5-2-1-3-6-18/h1-11,23H,12-17H2/b7-4+. The van der Waals surface area contributed by atoms with Crippen molar-refractivity contribution < 1.29 is 9.18 Å². The van der Waals surface area contributed by atoms with Crippen LogP contribution in [0.1, 0.15) is 5.56 Å². The minimum Gasteiger partial charge on any atom is -0.376 e. The lowest BCUT2D eigenvalue weighted by atomic mass is 10.2. The summed E-state index contributed by atoms with van der Waals surface area (Å²) in [5.74, 6) is -0.201. The maximum Gasteiger partial charge on any atom is 0.241 e. The van der Waals surface area contributed by atoms with Crippen LogP contribution in [0.25, 0.3) is 6.08 Å². The third-order valence-corrected chi connectivity index (χ3v) is 4.49. The predicted octanol–water partition coefficient (Wildman–Crippen LogP) is 3.10. The summed E-state index contributed by atoms with van der Waals surface area (Å²) < 4.78 is 12.9. The Labute approximate surface area is 153 Å². The molecule has 0 bridgehead atoms. The van der Waals surface area contributed by atoms with Gasteiger partial charge in [0.2, 0.25) is 5.91 Å². The number of carbonyl (C=O) groups is 1. The van der Waals surface area contributed by atoms with E-state index >= 15 is 0 Å². The SMILES string of the molecule is O=C(CNc1ccc(F)cc1)N1CCN(C/C=C/c2ccccc2)CC1. The molecule has 1 N–H and O–H groups in total. The molecule has 1 amide bonds. The topological polar surface area (TPSA) is 35.6 Å². The number of benzene rings is 2. The monoisotopic (exact) mass is 353 g/mol. The molecule has 136 valence electrons. The summed E-state index contributed by atoms with van der Waals surface area (Å²) in [6.07, 6.45) is 4.30. The van der Waals surface area contributed by atoms with Gasteiger partial charge in [-0.15, -0.1) is 0 Å². The maximum atomic E-state index is 12.9. The number of halogens is 1. The number of hydrogen-bond acceptors (Lipinski definition) is 3. The van der Waals surface area contributed by atoms with E-state index in [0.717, 1.165) is 38.4 Å². The van der Waals surface area contributed by atoms with Crippen LogP contribution in [0.5, 0.6) is 0 Å². The molecule has 1 fully saturated rings. The zero-order chi connectivity index (χ0) is 18.2. The first-order chi connectivity index (χ1) is 12.7. The lowest BCUT2D eigenvalue weighted by Gasteiger charge is -2.34. The highest BCUT2D eigenvalue weighted by atomic mass is 19.1. The normalized spacial score (nSPS) is 15.3. The molecule has 1 aliphatic heterocycles. The third kappa shape index (κ3) is 5.43. The molecule has 0 aliphatic carbocycles. The molecule has 0 aromatic heterocycles. The molecule has 26 heavy (non-hydrogen) atoms. The average Bonchev–Trinajstić information content (AvgIpc) is 2.69. The first kappa shape index (κ1) is 18.1. The van der Waals surface area contributed by atoms with Gasteiger partial charge in [0.05, 0.1) is 6.54 Å². The fourth-order valence-electron chi connectivity index (χ4n) is 2.94. The van der Waals surface area contributed by atoms with E-state index in [2.05, 4.69) is 34.5 Å². The minimum atomic E-state index is -0.278. The maximum absolute atomic E-state index is 12.9. The van der Waals surface area contributed by atoms with Gasteiger partial charge in [-0.3, -0.25) is 9.69 Å². The van der Waals surface area contributed by atoms with Crippen molar-refractivity contribution in [3.8, 4) is 0 Å². The molecule has 0 unspecified atom stereocenters. The van der Waals surface area contributed by atoms with Gasteiger partial charge in [0.1, 0.15) is 5.82 Å². The fraction of sp³-hybridized carbons (Fsp3) is 0.286. The number of nitrogens with zero attached hydrogens (tertiary/aromatic N) is 2. The lowest BCUT2D eigenvalue weighted by Crippen LogP contribution is -2.50. The summed E-state index contributed by atoms with van der Waals surface area (Å²) in [7, 11) is 0. The Morgan fingerprint density at radius 1 is 1.00 bits per heavy atom. The van der Waals surface area contributed by atoms with Gasteiger partial charge in [-0.05, 0) is 29.8 Å². The molecular formula is C21H24FN3O. The van der Waals surface area contributed by atoms with E-state index in [1.807, 2.05) is 23.1 Å². The Bertz CT molecular complexity index is 723. The second-order valence-electron chi connectivity index (χ2n) is 6.35. The first-order valence-corrected chi connectivity index (χ1v) is 8.92. The summed E-state index contributed by atoms with van der Waals surface area (Å²) in [5, 5.41) is 3.05. The van der Waals surface area contributed by atoms with Crippen molar-refractivity contribution in [3.63, 3.8) is 0 Å². The summed E-state index contributed by atoms with van der Waals surface area (Å²) in [6.45, 7) is 4.36. The molecule has 1 aliphatic rings. The largest absolute Gasteiger partial charge is 0.376 e. The quantitative estimate of drug-likeness (QED) is 0.867. The number of hydrogen-bond donors (Lipinski definition) is 1. The zero-order valence-corrected chi connectivity index (χ0v) is 14.8. The summed E-state index contributed by atoms with van der Waals surface area (Å²) >= 11 is 0. The fourth-order valence-corrected chi connectivity index (χ4v) is 2.94. The number of nitrogens with one attached hydrogen (secondary N) is 1. The molecule has 5 heteroatoms. The molecule has 1 saturated heterocycles.